The van der Waals surface area contributed by atoms with Crippen LogP contribution in [0.15, 0.2) is 83.0 Å². The van der Waals surface area contributed by atoms with Crippen LogP contribution >= 0.6 is 0 Å². The highest BCUT2D eigenvalue weighted by Gasteiger charge is 2.19. The summed E-state index contributed by atoms with van der Waals surface area (Å²) in [5.41, 5.74) is 4.78. The van der Waals surface area contributed by atoms with E-state index in [1.165, 1.54) is 0 Å². The van der Waals surface area contributed by atoms with E-state index in [-0.39, 0.29) is 11.6 Å². The fourth-order valence-electron chi connectivity index (χ4n) is 4.70. The Hall–Kier alpha value is -4.52. The van der Waals surface area contributed by atoms with Gasteiger partial charge in [0.05, 0.1) is 29.4 Å². The van der Waals surface area contributed by atoms with Crippen LogP contribution in [-0.4, -0.2) is 27.7 Å². The fourth-order valence-corrected chi connectivity index (χ4v) is 4.70. The Balaban J connectivity index is 1.60. The molecular formula is C31H30N4O3. The third-order valence-corrected chi connectivity index (χ3v) is 6.71. The molecule has 0 atom stereocenters. The van der Waals surface area contributed by atoms with Crippen LogP contribution in [0.1, 0.15) is 42.1 Å². The molecule has 38 heavy (non-hydrogen) atoms. The predicted molar refractivity (Wildman–Crippen MR) is 150 cm³/mol. The second-order valence-electron chi connectivity index (χ2n) is 9.36. The molecule has 0 aliphatic carbocycles. The first-order chi connectivity index (χ1) is 18.5. The molecule has 5 rings (SSSR count). The second kappa shape index (κ2) is 10.8. The average molecular weight is 507 g/mol. The molecule has 0 spiro atoms. The second-order valence-corrected chi connectivity index (χ2v) is 9.36. The van der Waals surface area contributed by atoms with Crippen LogP contribution < -0.4 is 4.74 Å². The van der Waals surface area contributed by atoms with Gasteiger partial charge in [0.1, 0.15) is 5.75 Å². The number of azo groups is 1. The smallest absolute Gasteiger partial charge is 0.296 e. The Morgan fingerprint density at radius 3 is 2.58 bits per heavy atom. The van der Waals surface area contributed by atoms with Crippen molar-refractivity contribution in [1.29, 1.82) is 0 Å². The number of amides is 1. The maximum Gasteiger partial charge on any atom is 0.296 e. The summed E-state index contributed by atoms with van der Waals surface area (Å²) in [7, 11) is 1.59. The summed E-state index contributed by atoms with van der Waals surface area (Å²) in [4.78, 5) is 18.3. The van der Waals surface area contributed by atoms with E-state index in [4.69, 9.17) is 9.72 Å². The number of hydrogen-bond acceptors (Lipinski definition) is 5. The van der Waals surface area contributed by atoms with Gasteiger partial charge in [-0.3, -0.25) is 4.79 Å². The Morgan fingerprint density at radius 1 is 1.00 bits per heavy atom. The number of unbranched alkanes of at least 4 members (excludes halogenated alkanes) is 2. The lowest BCUT2D eigenvalue weighted by Gasteiger charge is -2.08. The molecule has 1 amide bonds. The monoisotopic (exact) mass is 506 g/mol. The number of aromatic hydroxyl groups is 1. The number of carbonyl (C=O) groups excluding carboxylic acids is 1. The molecule has 0 saturated heterocycles. The van der Waals surface area contributed by atoms with Crippen molar-refractivity contribution < 1.29 is 14.6 Å². The highest BCUT2D eigenvalue weighted by atomic mass is 16.5. The van der Waals surface area contributed by atoms with E-state index < -0.39 is 5.91 Å². The molecule has 1 N–H and O–H groups in total. The third kappa shape index (κ3) is 4.87. The zero-order chi connectivity index (χ0) is 26.6. The highest BCUT2D eigenvalue weighted by Crippen LogP contribution is 2.41. The van der Waals surface area contributed by atoms with Crippen molar-refractivity contribution in [2.45, 2.75) is 39.7 Å². The van der Waals surface area contributed by atoms with Gasteiger partial charge in [-0.15, -0.1) is 10.2 Å². The number of aryl methyl sites for hydroxylation is 2. The van der Waals surface area contributed by atoms with Crippen molar-refractivity contribution in [3.63, 3.8) is 0 Å². The van der Waals surface area contributed by atoms with Gasteiger partial charge in [-0.05, 0) is 49.7 Å². The highest BCUT2D eigenvalue weighted by molar-refractivity contribution is 6.08. The Kier molecular flexibility index (Phi) is 7.18. The average Bonchev–Trinajstić information content (AvgIpc) is 3.21. The van der Waals surface area contributed by atoms with Crippen LogP contribution in [0.4, 0.5) is 5.69 Å². The first-order valence-electron chi connectivity index (χ1n) is 12.8. The van der Waals surface area contributed by atoms with Crippen LogP contribution in [-0.2, 0) is 6.54 Å². The summed E-state index contributed by atoms with van der Waals surface area (Å²) >= 11 is 0. The fraction of sp³-hybridized carbons (Fsp3) is 0.226. The van der Waals surface area contributed by atoms with Crippen molar-refractivity contribution in [2.24, 2.45) is 10.2 Å². The van der Waals surface area contributed by atoms with E-state index in [0.29, 0.717) is 39.8 Å². The number of carbonyl (C=O) groups is 1. The zero-order valence-corrected chi connectivity index (χ0v) is 21.8. The number of hydrogen-bond donors (Lipinski definition) is 1. The van der Waals surface area contributed by atoms with Crippen LogP contribution in [0.3, 0.4) is 0 Å². The molecule has 0 aliphatic heterocycles. The number of ether oxygens (including phenoxy) is 1. The number of pyridine rings is 1. The minimum atomic E-state index is -0.505. The van der Waals surface area contributed by atoms with E-state index >= 15 is 0 Å². The standard InChI is InChI=1S/C31H30N4O3/c1-4-5-9-16-35-28-15-13-22(38-3)18-25(28)29(31(35)37)33-34-30(36)24-19-27(21-10-7-6-8-11-21)32-26-14-12-20(2)17-23(24)26/h6-8,10-15,17-19,37H,4-5,9,16H2,1-3H3. The normalized spacial score (nSPS) is 11.6. The molecule has 7 heteroatoms. The molecule has 7 nitrogen and oxygen atoms in total. The minimum Gasteiger partial charge on any atom is -0.497 e. The van der Waals surface area contributed by atoms with Gasteiger partial charge in [0.15, 0.2) is 5.69 Å². The van der Waals surface area contributed by atoms with Gasteiger partial charge in [0.2, 0.25) is 5.88 Å². The molecule has 0 saturated carbocycles. The van der Waals surface area contributed by atoms with Crippen molar-refractivity contribution in [2.75, 3.05) is 7.11 Å². The molecule has 0 radical (unpaired) electrons. The molecule has 5 aromatic rings. The molecule has 192 valence electrons. The summed E-state index contributed by atoms with van der Waals surface area (Å²) in [5.74, 6) is 0.116. The van der Waals surface area contributed by atoms with Crippen LogP contribution in [0.5, 0.6) is 11.6 Å². The number of aromatic nitrogens is 2. The van der Waals surface area contributed by atoms with E-state index in [9.17, 15) is 9.90 Å². The number of benzene rings is 3. The summed E-state index contributed by atoms with van der Waals surface area (Å²) in [6.45, 7) is 4.75. The topological polar surface area (TPSA) is 89.1 Å². The molecule has 0 bridgehead atoms. The van der Waals surface area contributed by atoms with E-state index in [1.807, 2.05) is 78.2 Å². The van der Waals surface area contributed by atoms with Crippen molar-refractivity contribution in [3.8, 4) is 22.9 Å². The first kappa shape index (κ1) is 25.1. The van der Waals surface area contributed by atoms with Crippen molar-refractivity contribution in [1.82, 2.24) is 9.55 Å². The van der Waals surface area contributed by atoms with Crippen LogP contribution in [0.25, 0.3) is 33.1 Å². The van der Waals surface area contributed by atoms with Gasteiger partial charge in [0.25, 0.3) is 5.91 Å². The van der Waals surface area contributed by atoms with Gasteiger partial charge in [-0.1, -0.05) is 61.7 Å². The number of rotatable bonds is 8. The van der Waals surface area contributed by atoms with Crippen molar-refractivity contribution in [3.05, 3.63) is 83.9 Å². The molecule has 0 fully saturated rings. The van der Waals surface area contributed by atoms with E-state index in [2.05, 4.69) is 17.2 Å². The summed E-state index contributed by atoms with van der Waals surface area (Å²) in [6.07, 6.45) is 3.03. The predicted octanol–water partition coefficient (Wildman–Crippen LogP) is 7.99. The summed E-state index contributed by atoms with van der Waals surface area (Å²) in [6, 6.07) is 22.8. The lowest BCUT2D eigenvalue weighted by atomic mass is 10.0. The SMILES string of the molecule is CCCCCn1c(O)c(N=NC(=O)c2cc(-c3ccccc3)nc3ccc(C)cc23)c2cc(OC)ccc21. The number of methoxy groups -OCH3 is 1. The van der Waals surface area contributed by atoms with Gasteiger partial charge >= 0.3 is 0 Å². The van der Waals surface area contributed by atoms with Gasteiger partial charge in [-0.25, -0.2) is 4.98 Å². The lowest BCUT2D eigenvalue weighted by Crippen LogP contribution is -1.99. The van der Waals surface area contributed by atoms with Crippen LogP contribution in [0, 0.1) is 6.92 Å². The number of fused-ring (bicyclic) bond motifs is 2. The number of nitrogens with zero attached hydrogens (tertiary/aromatic N) is 4. The molecule has 0 aliphatic rings. The summed E-state index contributed by atoms with van der Waals surface area (Å²) in [5, 5.41) is 20.9. The summed E-state index contributed by atoms with van der Waals surface area (Å²) < 4.78 is 7.22. The molecule has 0 unspecified atom stereocenters. The minimum absolute atomic E-state index is 0.0127. The van der Waals surface area contributed by atoms with Gasteiger partial charge in [0, 0.05) is 22.9 Å². The largest absolute Gasteiger partial charge is 0.497 e. The maximum atomic E-state index is 13.5. The van der Waals surface area contributed by atoms with Crippen LogP contribution in [0.2, 0.25) is 0 Å². The maximum absolute atomic E-state index is 13.5. The third-order valence-electron chi connectivity index (χ3n) is 6.71. The molecule has 2 aromatic heterocycles. The Bertz CT molecular complexity index is 1660. The Morgan fingerprint density at radius 2 is 1.82 bits per heavy atom. The van der Waals surface area contributed by atoms with E-state index in [1.54, 1.807) is 13.2 Å². The van der Waals surface area contributed by atoms with Gasteiger partial charge < -0.3 is 14.4 Å². The first-order valence-corrected chi connectivity index (χ1v) is 12.8. The quantitative estimate of drug-likeness (QED) is 0.171. The molecular weight excluding hydrogens is 476 g/mol. The molecule has 3 aromatic carbocycles. The van der Waals surface area contributed by atoms with E-state index in [0.717, 1.165) is 35.9 Å². The van der Waals surface area contributed by atoms with Crippen molar-refractivity contribution >= 4 is 33.4 Å². The zero-order valence-electron chi connectivity index (χ0n) is 21.8. The molecule has 2 heterocycles. The van der Waals surface area contributed by atoms with Gasteiger partial charge in [-0.2, -0.15) is 0 Å². The Labute approximate surface area is 221 Å². The lowest BCUT2D eigenvalue weighted by molar-refractivity contribution is 0.0996.